The average Bonchev–Trinajstić information content (AvgIpc) is 3.84. The lowest BCUT2D eigenvalue weighted by Gasteiger charge is -2.45. The fourth-order valence-electron chi connectivity index (χ4n) is 14.3. The van der Waals surface area contributed by atoms with Gasteiger partial charge in [-0.1, -0.05) is 164 Å². The number of nitrogens with zero attached hydrogens (tertiary/aromatic N) is 2. The molecule has 1 aromatic heterocycles. The van der Waals surface area contributed by atoms with Crippen molar-refractivity contribution in [3.63, 3.8) is 0 Å². The van der Waals surface area contributed by atoms with E-state index in [0.717, 1.165) is 30.5 Å². The van der Waals surface area contributed by atoms with Crippen molar-refractivity contribution in [1.29, 1.82) is 0 Å². The summed E-state index contributed by atoms with van der Waals surface area (Å²) < 4.78 is 7.76. The molecular weight excluding hydrogens is 928 g/mol. The molecular formula is C70H77BN2OS. The number of hydrogen-bond donors (Lipinski definition) is 0. The molecule has 5 heteroatoms. The van der Waals surface area contributed by atoms with E-state index in [-0.39, 0.29) is 39.2 Å². The molecule has 0 N–H and O–H groups in total. The van der Waals surface area contributed by atoms with Gasteiger partial charge >= 0.3 is 0 Å². The normalized spacial score (nSPS) is 19.3. The number of furan rings is 1. The molecule has 2 aliphatic carbocycles. The van der Waals surface area contributed by atoms with E-state index in [1.807, 2.05) is 0 Å². The van der Waals surface area contributed by atoms with Crippen LogP contribution in [0.5, 0.6) is 0 Å². The molecule has 7 aromatic carbocycles. The second kappa shape index (κ2) is 15.6. The Morgan fingerprint density at radius 2 is 1.04 bits per heavy atom. The van der Waals surface area contributed by atoms with Crippen LogP contribution in [0, 0.1) is 0 Å². The summed E-state index contributed by atoms with van der Waals surface area (Å²) in [5, 5.41) is 1.21. The van der Waals surface area contributed by atoms with Crippen LogP contribution in [0.25, 0.3) is 33.2 Å². The minimum absolute atomic E-state index is 0.0166. The largest absolute Gasteiger partial charge is 0.468 e. The van der Waals surface area contributed by atoms with E-state index in [9.17, 15) is 0 Å². The molecule has 0 saturated carbocycles. The summed E-state index contributed by atoms with van der Waals surface area (Å²) in [6.45, 7) is 33.5. The van der Waals surface area contributed by atoms with Crippen molar-refractivity contribution in [3.05, 3.63) is 161 Å². The van der Waals surface area contributed by atoms with Gasteiger partial charge in [-0.2, -0.15) is 10.0 Å². The summed E-state index contributed by atoms with van der Waals surface area (Å²) in [5.41, 5.74) is 25.7. The highest BCUT2D eigenvalue weighted by Crippen LogP contribution is 2.69. The van der Waals surface area contributed by atoms with Crippen molar-refractivity contribution in [3.8, 4) is 22.3 Å². The summed E-state index contributed by atoms with van der Waals surface area (Å²) in [6.07, 6.45) is 9.65. The highest BCUT2D eigenvalue weighted by molar-refractivity contribution is 8.33. The second-order valence-electron chi connectivity index (χ2n) is 28.3. The number of benzene rings is 7. The predicted molar refractivity (Wildman–Crippen MR) is 325 cm³/mol. The lowest BCUT2D eigenvalue weighted by Crippen LogP contribution is -2.61. The molecule has 0 radical (unpaired) electrons. The Bertz CT molecular complexity index is 3740. The Kier molecular flexibility index (Phi) is 10.1. The summed E-state index contributed by atoms with van der Waals surface area (Å²) in [7, 11) is -1.37. The zero-order valence-corrected chi connectivity index (χ0v) is 48.6. The van der Waals surface area contributed by atoms with E-state index >= 15 is 0 Å². The van der Waals surface area contributed by atoms with Gasteiger partial charge in [-0.05, 0) is 198 Å². The van der Waals surface area contributed by atoms with E-state index in [2.05, 4.69) is 247 Å². The first-order valence-corrected chi connectivity index (χ1v) is 30.4. The first-order chi connectivity index (χ1) is 35.2. The van der Waals surface area contributed by atoms with Gasteiger partial charge in [-0.3, -0.25) is 0 Å². The van der Waals surface area contributed by atoms with Crippen LogP contribution in [0.15, 0.2) is 142 Å². The minimum Gasteiger partial charge on any atom is -0.468 e. The van der Waals surface area contributed by atoms with Gasteiger partial charge in [0.2, 0.25) is 0 Å². The summed E-state index contributed by atoms with van der Waals surface area (Å²) >= 11 is 0. The third kappa shape index (κ3) is 7.07. The summed E-state index contributed by atoms with van der Waals surface area (Å²) in [4.78, 5) is 8.24. The number of anilines is 6. The van der Waals surface area contributed by atoms with Crippen molar-refractivity contribution < 1.29 is 4.42 Å². The van der Waals surface area contributed by atoms with Crippen LogP contribution in [0.2, 0.25) is 0 Å². The van der Waals surface area contributed by atoms with Gasteiger partial charge in [-0.15, -0.1) is 0 Å². The van der Waals surface area contributed by atoms with Gasteiger partial charge in [0.1, 0.15) is 5.58 Å². The van der Waals surface area contributed by atoms with Crippen LogP contribution in [0.1, 0.15) is 156 Å². The molecule has 3 nitrogen and oxygen atoms in total. The second-order valence-corrected chi connectivity index (χ2v) is 31.8. The maximum atomic E-state index is 7.76. The van der Waals surface area contributed by atoms with Gasteiger partial charge in [0.25, 0.3) is 6.71 Å². The van der Waals surface area contributed by atoms with Gasteiger partial charge in [0, 0.05) is 43.6 Å². The fourth-order valence-corrected chi connectivity index (χ4v) is 17.1. The van der Waals surface area contributed by atoms with Crippen LogP contribution in [-0.4, -0.2) is 19.2 Å². The van der Waals surface area contributed by atoms with Crippen molar-refractivity contribution in [2.75, 3.05) is 22.3 Å². The van der Waals surface area contributed by atoms with Gasteiger partial charge in [0.05, 0.1) is 11.3 Å². The molecule has 3 aliphatic heterocycles. The monoisotopic (exact) mass is 1000 g/mol. The molecule has 0 atom stereocenters. The molecule has 0 unspecified atom stereocenters. The molecule has 8 aromatic rings. The Balaban J connectivity index is 1.19. The van der Waals surface area contributed by atoms with E-state index < -0.39 is 10.0 Å². The topological polar surface area (TPSA) is 19.6 Å². The molecule has 0 amide bonds. The van der Waals surface area contributed by atoms with Crippen molar-refractivity contribution in [2.45, 2.75) is 165 Å². The van der Waals surface area contributed by atoms with Crippen molar-refractivity contribution >= 4 is 78.4 Å². The Labute approximate surface area is 450 Å². The number of rotatable bonds is 3. The lowest BCUT2D eigenvalue weighted by atomic mass is 9.35. The number of hydrogen-bond acceptors (Lipinski definition) is 3. The van der Waals surface area contributed by atoms with Crippen LogP contribution < -0.4 is 26.4 Å². The van der Waals surface area contributed by atoms with E-state index in [1.165, 1.54) is 122 Å². The Hall–Kier alpha value is -5.91. The molecule has 0 bridgehead atoms. The lowest BCUT2D eigenvalue weighted by molar-refractivity contribution is 0.332. The first kappa shape index (κ1) is 48.7. The molecule has 75 heavy (non-hydrogen) atoms. The van der Waals surface area contributed by atoms with E-state index in [1.54, 1.807) is 0 Å². The summed E-state index contributed by atoms with van der Waals surface area (Å²) in [5.74, 6) is 0. The van der Waals surface area contributed by atoms with E-state index in [4.69, 9.17) is 4.42 Å². The van der Waals surface area contributed by atoms with Gasteiger partial charge < -0.3 is 14.2 Å². The fraction of sp³-hybridized carbons (Fsp3) is 0.371. The van der Waals surface area contributed by atoms with Crippen LogP contribution in [-0.2, 0) is 32.5 Å². The third-order valence-electron chi connectivity index (χ3n) is 19.1. The van der Waals surface area contributed by atoms with Crippen molar-refractivity contribution in [2.24, 2.45) is 0 Å². The average molecular weight is 1010 g/mol. The highest BCUT2D eigenvalue weighted by Gasteiger charge is 2.49. The zero-order valence-electron chi connectivity index (χ0n) is 47.7. The predicted octanol–water partition coefficient (Wildman–Crippen LogP) is 17.9. The number of fused-ring (bicyclic) bond motifs is 11. The maximum absolute atomic E-state index is 7.76. The van der Waals surface area contributed by atoms with Gasteiger partial charge in [0.15, 0.2) is 0 Å². The molecule has 0 spiro atoms. The smallest absolute Gasteiger partial charge is 0.297 e. The summed E-state index contributed by atoms with van der Waals surface area (Å²) in [6, 6.07) is 50.9. The maximum Gasteiger partial charge on any atom is 0.297 e. The van der Waals surface area contributed by atoms with Gasteiger partial charge in [-0.25, -0.2) is 0 Å². The Morgan fingerprint density at radius 1 is 0.493 bits per heavy atom. The quantitative estimate of drug-likeness (QED) is 0.164. The molecule has 4 heterocycles. The highest BCUT2D eigenvalue weighted by atomic mass is 32.3. The molecule has 382 valence electrons. The molecule has 0 fully saturated rings. The van der Waals surface area contributed by atoms with Crippen LogP contribution in [0.3, 0.4) is 0 Å². The first-order valence-electron chi connectivity index (χ1n) is 27.9. The third-order valence-corrected chi connectivity index (χ3v) is 22.1. The molecule has 13 rings (SSSR count). The van der Waals surface area contributed by atoms with E-state index in [0.29, 0.717) is 0 Å². The Morgan fingerprint density at radius 3 is 1.69 bits per heavy atom. The zero-order chi connectivity index (χ0) is 52.9. The molecule has 0 saturated heterocycles. The van der Waals surface area contributed by atoms with Crippen LogP contribution >= 0.6 is 10.0 Å². The van der Waals surface area contributed by atoms with Crippen LogP contribution in [0.4, 0.5) is 34.1 Å². The minimum atomic E-state index is -1.37. The SMILES string of the molecule is CC(C)(C)c1ccc(N2c3ccc(C(C)(C)C)cc3B3c4oc5cc6c(cc5c4N(c4ccc5c(c4)C(C)(C)CCC5(C)C)c4cc(-c5cccc7c5S(C)(C)c5ccccc5-7)cc2c43)C(C)(C)CCC6(C)C)cc1. The molecule has 5 aliphatic rings. The standard InChI is InChI=1S/C70H77BN2OS/c1-65(2,3)43-24-27-45(28-25-43)72-56-31-26-44(66(4,5)6)38-55(56)71-61-57(72)36-42(47-21-19-22-49-48-20-17-18-23-60(48)75(15,16)63(47)49)37-58(61)73(46-29-30-51-52(39-46)68(9,10)33-32-67(51,7)8)62-50-40-53-54(41-59(50)74-64(62)71)70(13,14)35-34-69(53,11)12/h17-31,36-41H,32-35H2,1-16H3. The van der Waals surface area contributed by atoms with Crippen molar-refractivity contribution in [1.82, 2.24) is 0 Å².